The van der Waals surface area contributed by atoms with Gasteiger partial charge < -0.3 is 9.80 Å². The molecule has 1 aromatic carbocycles. The van der Waals surface area contributed by atoms with Crippen molar-refractivity contribution in [1.82, 2.24) is 14.4 Å². The highest BCUT2D eigenvalue weighted by molar-refractivity contribution is 8.08. The largest absolute Gasteiger partial charge is 0.337 e. The Balaban J connectivity index is 2.04. The van der Waals surface area contributed by atoms with Crippen molar-refractivity contribution in [2.75, 3.05) is 26.0 Å². The Morgan fingerprint density at radius 1 is 1.04 bits per heavy atom. The van der Waals surface area contributed by atoms with Gasteiger partial charge in [-0.05, 0) is 31.3 Å². The summed E-state index contributed by atoms with van der Waals surface area (Å²) in [7, 11) is 5.39. The lowest BCUT2D eigenvalue weighted by atomic mass is 10.3. The summed E-state index contributed by atoms with van der Waals surface area (Å²) in [4.78, 5) is 32.2. The molecule has 0 aliphatic carbocycles. The van der Waals surface area contributed by atoms with Crippen molar-refractivity contribution in [2.24, 2.45) is 0 Å². The van der Waals surface area contributed by atoms with Gasteiger partial charge in [0.25, 0.3) is 11.5 Å². The molecule has 140 valence electrons. The molecule has 0 spiro atoms. The van der Waals surface area contributed by atoms with Crippen LogP contribution < -0.4 is 19.7 Å². The van der Waals surface area contributed by atoms with E-state index in [4.69, 9.17) is 12.2 Å². The number of rotatable bonds is 1. The van der Waals surface area contributed by atoms with Crippen molar-refractivity contribution in [2.45, 2.75) is 18.4 Å². The fourth-order valence-corrected chi connectivity index (χ4v) is 6.02. The number of aromatic nitrogens is 1. The number of thiazole rings is 1. The minimum absolute atomic E-state index is 0.0752. The smallest absolute Gasteiger partial charge is 0.279 e. The minimum atomic E-state index is -0.182. The molecular weight excluding hydrogens is 400 g/mol. The summed E-state index contributed by atoms with van der Waals surface area (Å²) < 4.78 is 2.95. The Bertz CT molecular complexity index is 1160. The topological polar surface area (TPSA) is 48.8 Å². The highest BCUT2D eigenvalue weighted by Gasteiger charge is 2.35. The van der Waals surface area contributed by atoms with Gasteiger partial charge in [0.05, 0.1) is 5.69 Å². The first-order chi connectivity index (χ1) is 12.9. The fourth-order valence-electron chi connectivity index (χ4n) is 3.25. The second-order valence-electron chi connectivity index (χ2n) is 6.27. The van der Waals surface area contributed by atoms with Gasteiger partial charge in [-0.25, -0.2) is 0 Å². The Kier molecular flexibility index (Phi) is 4.40. The molecule has 0 bridgehead atoms. The Morgan fingerprint density at radius 3 is 2.33 bits per heavy atom. The number of nitrogens with zero attached hydrogens (tertiary/aromatic N) is 4. The Morgan fingerprint density at radius 2 is 1.74 bits per heavy atom. The van der Waals surface area contributed by atoms with Crippen LogP contribution in [0.4, 0.5) is 5.69 Å². The number of hydrogen-bond donors (Lipinski definition) is 0. The van der Waals surface area contributed by atoms with Crippen LogP contribution in [0.2, 0.25) is 0 Å². The molecule has 0 radical (unpaired) electrons. The summed E-state index contributed by atoms with van der Waals surface area (Å²) >= 11 is 8.26. The third-order valence-electron chi connectivity index (χ3n) is 4.75. The van der Waals surface area contributed by atoms with Gasteiger partial charge in [-0.2, -0.15) is 0 Å². The lowest BCUT2D eigenvalue weighted by molar-refractivity contribution is -0.120. The molecule has 27 heavy (non-hydrogen) atoms. The number of amides is 1. The van der Waals surface area contributed by atoms with Crippen LogP contribution in [0.15, 0.2) is 34.0 Å². The molecule has 2 aliphatic heterocycles. The van der Waals surface area contributed by atoms with E-state index in [0.717, 1.165) is 15.6 Å². The van der Waals surface area contributed by atoms with E-state index in [0.29, 0.717) is 26.5 Å². The average molecular weight is 419 g/mol. The van der Waals surface area contributed by atoms with Crippen LogP contribution >= 0.6 is 35.3 Å². The van der Waals surface area contributed by atoms with Gasteiger partial charge in [-0.1, -0.05) is 23.9 Å². The summed E-state index contributed by atoms with van der Waals surface area (Å²) in [6.45, 7) is 2.40. The van der Waals surface area contributed by atoms with Crippen LogP contribution in [0.3, 0.4) is 0 Å². The van der Waals surface area contributed by atoms with Gasteiger partial charge >= 0.3 is 0 Å². The molecule has 0 unspecified atom stereocenters. The van der Waals surface area contributed by atoms with Gasteiger partial charge in [0, 0.05) is 32.6 Å². The zero-order valence-corrected chi connectivity index (χ0v) is 17.8. The molecule has 1 amide bonds. The van der Waals surface area contributed by atoms with Gasteiger partial charge in [0.1, 0.15) is 19.9 Å². The van der Waals surface area contributed by atoms with Crippen LogP contribution in [-0.4, -0.2) is 46.5 Å². The molecule has 9 heteroatoms. The SMILES string of the molecule is CCn1c(=O)/c(=C2/Sc3ccccc3N2C)s/c1=C1/C(=O)N(C)C(=S)N1C. The molecule has 4 rings (SSSR count). The first-order valence-electron chi connectivity index (χ1n) is 8.41. The number of fused-ring (bicyclic) bond motifs is 1. The zero-order valence-electron chi connectivity index (χ0n) is 15.3. The van der Waals surface area contributed by atoms with E-state index < -0.39 is 0 Å². The highest BCUT2D eigenvalue weighted by atomic mass is 32.2. The van der Waals surface area contributed by atoms with Crippen molar-refractivity contribution in [3.8, 4) is 0 Å². The first kappa shape index (κ1) is 18.3. The van der Waals surface area contributed by atoms with E-state index in [9.17, 15) is 9.59 Å². The molecule has 1 aromatic heterocycles. The van der Waals surface area contributed by atoms with Crippen LogP contribution in [-0.2, 0) is 11.3 Å². The van der Waals surface area contributed by atoms with Gasteiger partial charge in [-0.15, -0.1) is 11.3 Å². The number of benzene rings is 1. The van der Waals surface area contributed by atoms with Crippen molar-refractivity contribution < 1.29 is 4.79 Å². The number of thioether (sulfide) groups is 1. The molecule has 0 atom stereocenters. The number of carbonyl (C=O) groups excluding carboxylic acids is 1. The van der Waals surface area contributed by atoms with Gasteiger partial charge in [-0.3, -0.25) is 19.1 Å². The summed E-state index contributed by atoms with van der Waals surface area (Å²) in [5.41, 5.74) is 1.47. The maximum atomic E-state index is 13.2. The quantitative estimate of drug-likeness (QED) is 0.645. The lowest BCUT2D eigenvalue weighted by Gasteiger charge is -2.11. The summed E-state index contributed by atoms with van der Waals surface area (Å²) in [6, 6.07) is 8.07. The monoisotopic (exact) mass is 418 g/mol. The third kappa shape index (κ3) is 2.56. The van der Waals surface area contributed by atoms with Crippen molar-refractivity contribution in [1.29, 1.82) is 0 Å². The number of carbonyl (C=O) groups is 1. The lowest BCUT2D eigenvalue weighted by Crippen LogP contribution is -2.35. The maximum Gasteiger partial charge on any atom is 0.279 e. The molecule has 3 heterocycles. The molecular formula is C18H18N4O2S3. The van der Waals surface area contributed by atoms with Crippen molar-refractivity contribution >= 4 is 62.7 Å². The zero-order chi connectivity index (χ0) is 19.5. The van der Waals surface area contributed by atoms with Gasteiger partial charge in [0.2, 0.25) is 0 Å². The van der Waals surface area contributed by atoms with E-state index in [1.165, 1.54) is 16.2 Å². The second-order valence-corrected chi connectivity index (χ2v) is 8.67. The van der Waals surface area contributed by atoms with E-state index in [-0.39, 0.29) is 11.5 Å². The van der Waals surface area contributed by atoms with E-state index in [2.05, 4.69) is 0 Å². The standard InChI is InChI=1S/C18H18N4O2S3/c1-5-22-15(24)13(17-19(2)10-8-6-7-9-11(10)26-17)27-16(22)12-14(23)21(4)18(25)20(12)3/h6-9H,5H2,1-4H3/b16-12-,17-13-. The molecule has 1 saturated heterocycles. The Labute approximate surface area is 170 Å². The average Bonchev–Trinajstić information content (AvgIpc) is 3.23. The molecule has 2 aromatic rings. The molecule has 2 aliphatic rings. The third-order valence-corrected chi connectivity index (χ3v) is 7.84. The van der Waals surface area contributed by atoms with E-state index >= 15 is 0 Å². The Hall–Kier alpha value is -2.10. The van der Waals surface area contributed by atoms with Crippen LogP contribution in [0.1, 0.15) is 6.92 Å². The predicted molar refractivity (Wildman–Crippen MR) is 114 cm³/mol. The minimum Gasteiger partial charge on any atom is -0.337 e. The number of likely N-dealkylation sites (N-methyl/N-ethyl adjacent to an activating group) is 2. The number of anilines is 1. The van der Waals surface area contributed by atoms with Crippen LogP contribution in [0.25, 0.3) is 10.7 Å². The van der Waals surface area contributed by atoms with Crippen LogP contribution in [0, 0.1) is 0 Å². The first-order valence-corrected chi connectivity index (χ1v) is 10.5. The normalized spacial score (nSPS) is 20.8. The number of hydrogen-bond acceptors (Lipinski definition) is 6. The van der Waals surface area contributed by atoms with E-state index in [1.54, 1.807) is 35.3 Å². The summed E-state index contributed by atoms with van der Waals surface area (Å²) in [5.74, 6) is -0.182. The number of para-hydroxylation sites is 1. The molecule has 0 saturated carbocycles. The van der Waals surface area contributed by atoms with Crippen molar-refractivity contribution in [3.05, 3.63) is 43.8 Å². The second kappa shape index (κ2) is 6.50. The molecule has 1 fully saturated rings. The predicted octanol–water partition coefficient (Wildman–Crippen LogP) is 1.03. The fraction of sp³-hybridized carbons (Fsp3) is 0.278. The molecule has 6 nitrogen and oxygen atoms in total. The van der Waals surface area contributed by atoms with Crippen LogP contribution in [0.5, 0.6) is 0 Å². The summed E-state index contributed by atoms with van der Waals surface area (Å²) in [6.07, 6.45) is 0. The summed E-state index contributed by atoms with van der Waals surface area (Å²) in [5, 5.41) is 1.33. The van der Waals surface area contributed by atoms with E-state index in [1.807, 2.05) is 43.1 Å². The number of thiocarbonyl (C=S) groups is 1. The van der Waals surface area contributed by atoms with Gasteiger partial charge in [0.15, 0.2) is 5.11 Å². The maximum absolute atomic E-state index is 13.2. The van der Waals surface area contributed by atoms with Crippen molar-refractivity contribution in [3.63, 3.8) is 0 Å². The highest BCUT2D eigenvalue weighted by Crippen LogP contribution is 2.44. The molecule has 0 N–H and O–H groups in total.